The van der Waals surface area contributed by atoms with Crippen LogP contribution in [0.4, 0.5) is 5.69 Å². The Hall–Kier alpha value is -2.14. The van der Waals surface area contributed by atoms with Crippen LogP contribution in [0.15, 0.2) is 24.3 Å². The predicted octanol–water partition coefficient (Wildman–Crippen LogP) is 3.03. The smallest absolute Gasteiger partial charge is 0.276 e. The van der Waals surface area contributed by atoms with Gasteiger partial charge in [-0.3, -0.25) is 9.89 Å². The highest BCUT2D eigenvalue weighted by Crippen LogP contribution is 2.24. The molecule has 0 saturated heterocycles. The highest BCUT2D eigenvalue weighted by atomic mass is 16.5. The molecule has 22 heavy (non-hydrogen) atoms. The topological polar surface area (TPSA) is 67.0 Å². The number of fused-ring (bicyclic) bond motifs is 1. The second-order valence-electron chi connectivity index (χ2n) is 6.61. The van der Waals surface area contributed by atoms with E-state index in [1.807, 2.05) is 24.3 Å². The van der Waals surface area contributed by atoms with Gasteiger partial charge < -0.3 is 10.1 Å². The van der Waals surface area contributed by atoms with Crippen molar-refractivity contribution >= 4 is 11.6 Å². The highest BCUT2D eigenvalue weighted by molar-refractivity contribution is 6.04. The van der Waals surface area contributed by atoms with Crippen molar-refractivity contribution in [2.24, 2.45) is 0 Å². The van der Waals surface area contributed by atoms with Gasteiger partial charge in [-0.1, -0.05) is 32.9 Å². The van der Waals surface area contributed by atoms with E-state index in [-0.39, 0.29) is 11.3 Å². The van der Waals surface area contributed by atoms with Crippen molar-refractivity contribution in [3.63, 3.8) is 0 Å². The molecule has 1 aliphatic rings. The fourth-order valence-corrected chi connectivity index (χ4v) is 2.54. The number of anilines is 1. The van der Waals surface area contributed by atoms with E-state index in [0.717, 1.165) is 23.4 Å². The highest BCUT2D eigenvalue weighted by Gasteiger charge is 2.22. The number of amides is 1. The summed E-state index contributed by atoms with van der Waals surface area (Å²) in [6, 6.07) is 7.93. The summed E-state index contributed by atoms with van der Waals surface area (Å²) in [6.07, 6.45) is 0.774. The van der Waals surface area contributed by atoms with Crippen molar-refractivity contribution in [1.29, 1.82) is 0 Å². The van der Waals surface area contributed by atoms with Crippen LogP contribution in [0.5, 0.6) is 0 Å². The minimum absolute atomic E-state index is 0.0984. The minimum atomic E-state index is -0.202. The lowest BCUT2D eigenvalue weighted by Crippen LogP contribution is -2.17. The number of benzene rings is 1. The Kier molecular flexibility index (Phi) is 3.74. The Morgan fingerprint density at radius 3 is 2.68 bits per heavy atom. The Bertz CT molecular complexity index is 681. The summed E-state index contributed by atoms with van der Waals surface area (Å²) in [5, 5.41) is 9.96. The van der Waals surface area contributed by atoms with Gasteiger partial charge in [-0.2, -0.15) is 5.10 Å². The summed E-state index contributed by atoms with van der Waals surface area (Å²) < 4.78 is 5.41. The zero-order valence-electron chi connectivity index (χ0n) is 13.2. The fraction of sp³-hybridized carbons (Fsp3) is 0.412. The van der Waals surface area contributed by atoms with Gasteiger partial charge in [-0.15, -0.1) is 0 Å². The molecule has 0 radical (unpaired) electrons. The first-order valence-electron chi connectivity index (χ1n) is 7.51. The van der Waals surface area contributed by atoms with Gasteiger partial charge in [0.15, 0.2) is 5.69 Å². The third-order valence-corrected chi connectivity index (χ3v) is 3.92. The van der Waals surface area contributed by atoms with Gasteiger partial charge in [0, 0.05) is 23.4 Å². The first kappa shape index (κ1) is 14.8. The van der Waals surface area contributed by atoms with Gasteiger partial charge in [0.25, 0.3) is 5.91 Å². The van der Waals surface area contributed by atoms with Crippen molar-refractivity contribution in [2.45, 2.75) is 39.2 Å². The molecule has 2 N–H and O–H groups in total. The molecule has 0 saturated carbocycles. The SMILES string of the molecule is CC(C)(C)c1ccc(NC(=O)c2n[nH]c3c2COCC3)cc1. The lowest BCUT2D eigenvalue weighted by molar-refractivity contribution is 0.0985. The van der Waals surface area contributed by atoms with E-state index in [2.05, 4.69) is 36.3 Å². The Labute approximate surface area is 130 Å². The molecule has 3 rings (SSSR count). The van der Waals surface area contributed by atoms with E-state index in [9.17, 15) is 4.79 Å². The van der Waals surface area contributed by atoms with Gasteiger partial charge in [0.1, 0.15) is 0 Å². The third-order valence-electron chi connectivity index (χ3n) is 3.92. The number of hydrogen-bond acceptors (Lipinski definition) is 3. The van der Waals surface area contributed by atoms with Crippen molar-refractivity contribution < 1.29 is 9.53 Å². The predicted molar refractivity (Wildman–Crippen MR) is 85.0 cm³/mol. The molecule has 1 aromatic carbocycles. The first-order chi connectivity index (χ1) is 10.4. The van der Waals surface area contributed by atoms with Crippen LogP contribution >= 0.6 is 0 Å². The number of aromatic amines is 1. The molecular weight excluding hydrogens is 278 g/mol. The van der Waals surface area contributed by atoms with E-state index >= 15 is 0 Å². The van der Waals surface area contributed by atoms with Crippen LogP contribution in [0.2, 0.25) is 0 Å². The van der Waals surface area contributed by atoms with Crippen LogP contribution < -0.4 is 5.32 Å². The van der Waals surface area contributed by atoms with Crippen molar-refractivity contribution in [2.75, 3.05) is 11.9 Å². The monoisotopic (exact) mass is 299 g/mol. The fourth-order valence-electron chi connectivity index (χ4n) is 2.54. The van der Waals surface area contributed by atoms with Crippen LogP contribution in [0, 0.1) is 0 Å². The van der Waals surface area contributed by atoms with Crippen LogP contribution in [0.1, 0.15) is 48.1 Å². The molecule has 5 nitrogen and oxygen atoms in total. The summed E-state index contributed by atoms with van der Waals surface area (Å²) in [7, 11) is 0. The first-order valence-corrected chi connectivity index (χ1v) is 7.51. The van der Waals surface area contributed by atoms with E-state index in [1.165, 1.54) is 5.56 Å². The van der Waals surface area contributed by atoms with Crippen LogP contribution in [-0.2, 0) is 23.2 Å². The van der Waals surface area contributed by atoms with E-state index < -0.39 is 0 Å². The maximum atomic E-state index is 12.4. The van der Waals surface area contributed by atoms with Gasteiger partial charge in [0.05, 0.1) is 13.2 Å². The number of rotatable bonds is 2. The van der Waals surface area contributed by atoms with Crippen molar-refractivity contribution in [1.82, 2.24) is 10.2 Å². The van der Waals surface area contributed by atoms with Gasteiger partial charge in [-0.05, 0) is 23.1 Å². The normalized spacial score (nSPS) is 14.5. The summed E-state index contributed by atoms with van der Waals surface area (Å²) in [5.41, 5.74) is 4.40. The molecule has 116 valence electrons. The summed E-state index contributed by atoms with van der Waals surface area (Å²) >= 11 is 0. The number of nitrogens with one attached hydrogen (secondary N) is 2. The Morgan fingerprint density at radius 2 is 2.00 bits per heavy atom. The zero-order chi connectivity index (χ0) is 15.7. The number of nitrogens with zero attached hydrogens (tertiary/aromatic N) is 1. The summed E-state index contributed by atoms with van der Waals surface area (Å²) in [4.78, 5) is 12.4. The number of carbonyl (C=O) groups excluding carboxylic acids is 1. The maximum absolute atomic E-state index is 12.4. The van der Waals surface area contributed by atoms with Crippen molar-refractivity contribution in [3.05, 3.63) is 46.8 Å². The third kappa shape index (κ3) is 2.90. The molecule has 5 heteroatoms. The largest absolute Gasteiger partial charge is 0.376 e. The minimum Gasteiger partial charge on any atom is -0.376 e. The van der Waals surface area contributed by atoms with Gasteiger partial charge in [-0.25, -0.2) is 0 Å². The number of aromatic nitrogens is 2. The standard InChI is InChI=1S/C17H21N3O2/c1-17(2,3)11-4-6-12(7-5-11)18-16(21)15-13-10-22-9-8-14(13)19-20-15/h4-7H,8-10H2,1-3H3,(H,18,21)(H,19,20). The number of ether oxygens (including phenoxy) is 1. The molecule has 1 amide bonds. The van der Waals surface area contributed by atoms with E-state index in [4.69, 9.17) is 4.74 Å². The second kappa shape index (κ2) is 5.57. The van der Waals surface area contributed by atoms with E-state index in [0.29, 0.717) is 18.9 Å². The van der Waals surface area contributed by atoms with Crippen LogP contribution in [0.3, 0.4) is 0 Å². The molecule has 0 unspecified atom stereocenters. The molecule has 0 aliphatic carbocycles. The Balaban J connectivity index is 1.76. The van der Waals surface area contributed by atoms with Crippen LogP contribution in [-0.4, -0.2) is 22.7 Å². The van der Waals surface area contributed by atoms with Crippen molar-refractivity contribution in [3.8, 4) is 0 Å². The molecule has 2 heterocycles. The summed E-state index contributed by atoms with van der Waals surface area (Å²) in [5.74, 6) is -0.202. The molecule has 0 bridgehead atoms. The lowest BCUT2D eigenvalue weighted by Gasteiger charge is -2.19. The molecule has 1 aliphatic heterocycles. The zero-order valence-corrected chi connectivity index (χ0v) is 13.2. The average molecular weight is 299 g/mol. The van der Waals surface area contributed by atoms with Crippen LogP contribution in [0.25, 0.3) is 0 Å². The van der Waals surface area contributed by atoms with Gasteiger partial charge >= 0.3 is 0 Å². The average Bonchev–Trinajstić information content (AvgIpc) is 2.91. The molecule has 0 spiro atoms. The molecule has 0 fully saturated rings. The Morgan fingerprint density at radius 1 is 1.27 bits per heavy atom. The molecular formula is C17H21N3O2. The lowest BCUT2D eigenvalue weighted by atomic mass is 9.87. The van der Waals surface area contributed by atoms with Gasteiger partial charge in [0.2, 0.25) is 0 Å². The maximum Gasteiger partial charge on any atom is 0.276 e. The number of carbonyl (C=O) groups is 1. The van der Waals surface area contributed by atoms with E-state index in [1.54, 1.807) is 0 Å². The second-order valence-corrected chi connectivity index (χ2v) is 6.61. The summed E-state index contributed by atoms with van der Waals surface area (Å²) in [6.45, 7) is 7.60. The number of hydrogen-bond donors (Lipinski definition) is 2. The molecule has 0 atom stereocenters. The number of H-pyrrole nitrogens is 1. The molecule has 2 aromatic rings. The quantitative estimate of drug-likeness (QED) is 0.895. The molecule has 1 aromatic heterocycles.